The average Bonchev–Trinajstić information content (AvgIpc) is 2.88. The Morgan fingerprint density at radius 3 is 2.34 bits per heavy atom. The zero-order valence-electron chi connectivity index (χ0n) is 23.1. The maximum Gasteiger partial charge on any atom is 0.254 e. The lowest BCUT2D eigenvalue weighted by molar-refractivity contribution is 0.0913. The molecule has 10 nitrogen and oxygen atoms in total. The molecule has 4 rings (SSSR count). The van der Waals surface area contributed by atoms with E-state index in [1.165, 1.54) is 30.5 Å². The fourth-order valence-electron chi connectivity index (χ4n) is 3.95. The van der Waals surface area contributed by atoms with Crippen LogP contribution in [0.5, 0.6) is 0 Å². The first-order chi connectivity index (χ1) is 19.2. The molecule has 0 aliphatic carbocycles. The number of benzene rings is 2. The molecule has 0 atom stereocenters. The van der Waals surface area contributed by atoms with Crippen LogP contribution in [-0.2, 0) is 10.0 Å². The molecule has 14 heteroatoms. The molecule has 1 aromatic heterocycles. The number of sulfonamides is 1. The first-order valence-corrected chi connectivity index (χ1v) is 15.1. The molecule has 4 N–H and O–H groups in total. The van der Waals surface area contributed by atoms with Gasteiger partial charge in [0.1, 0.15) is 10.8 Å². The van der Waals surface area contributed by atoms with Gasteiger partial charge in [-0.15, -0.1) is 0 Å². The number of amides is 1. The molecule has 2 aromatic carbocycles. The number of carbonyl (C=O) groups excluding carboxylic acids is 1. The SMILES string of the molecule is CN1CCC(NC(=O)c2ccc(Nc3ncc(Cl)c(Nc4ccc(Cl)c(NS(=O)(=O)C(C)(C)C)c4)n3)cc2F)CC1. The number of halogens is 3. The predicted octanol–water partition coefficient (Wildman–Crippen LogP) is 5.77. The largest absolute Gasteiger partial charge is 0.349 e. The van der Waals surface area contributed by atoms with E-state index in [-0.39, 0.29) is 39.1 Å². The number of likely N-dealkylation sites (tertiary alicyclic amines) is 1. The zero-order valence-corrected chi connectivity index (χ0v) is 25.4. The second-order valence-corrected chi connectivity index (χ2v) is 14.0. The van der Waals surface area contributed by atoms with Gasteiger partial charge >= 0.3 is 0 Å². The monoisotopic (exact) mass is 623 g/mol. The number of nitrogens with zero attached hydrogens (tertiary/aromatic N) is 3. The number of anilines is 5. The van der Waals surface area contributed by atoms with Crippen molar-refractivity contribution < 1.29 is 17.6 Å². The summed E-state index contributed by atoms with van der Waals surface area (Å²) in [5.74, 6) is -0.808. The Morgan fingerprint density at radius 1 is 1.02 bits per heavy atom. The molecule has 0 unspecified atom stereocenters. The van der Waals surface area contributed by atoms with Crippen molar-refractivity contribution in [2.45, 2.75) is 44.4 Å². The van der Waals surface area contributed by atoms with E-state index >= 15 is 0 Å². The quantitative estimate of drug-likeness (QED) is 0.249. The van der Waals surface area contributed by atoms with Crippen molar-refractivity contribution in [2.75, 3.05) is 35.5 Å². The molecule has 1 aliphatic rings. The molecule has 0 radical (unpaired) electrons. The molecule has 0 saturated carbocycles. The first-order valence-electron chi connectivity index (χ1n) is 12.9. The van der Waals surface area contributed by atoms with Crippen LogP contribution in [0.4, 0.5) is 33.2 Å². The highest BCUT2D eigenvalue weighted by Gasteiger charge is 2.29. The molecule has 1 amide bonds. The van der Waals surface area contributed by atoms with Gasteiger partial charge in [0.05, 0.1) is 27.2 Å². The lowest BCUT2D eigenvalue weighted by Crippen LogP contribution is -2.43. The molecule has 0 bridgehead atoms. The van der Waals surface area contributed by atoms with Gasteiger partial charge < -0.3 is 20.9 Å². The second-order valence-electron chi connectivity index (χ2n) is 10.8. The highest BCUT2D eigenvalue weighted by molar-refractivity contribution is 7.94. The normalized spacial score (nSPS) is 14.9. The third kappa shape index (κ3) is 7.76. The standard InChI is InChI=1S/C27H32Cl2FN7O3S/c1-27(2,3)41(39,40)36-23-14-18(6-8-20(23)28)32-24-21(29)15-31-26(35-24)34-17-5-7-19(22(30)13-17)25(38)33-16-9-11-37(4)12-10-16/h5-8,13-16,36H,9-12H2,1-4H3,(H,33,38)(H2,31,32,34,35). The Kier molecular flexibility index (Phi) is 9.27. The molecule has 1 saturated heterocycles. The fraction of sp³-hybridized carbons (Fsp3) is 0.370. The van der Waals surface area contributed by atoms with Crippen molar-refractivity contribution in [1.29, 1.82) is 0 Å². The Bertz CT molecular complexity index is 1540. The molecule has 0 spiro atoms. The summed E-state index contributed by atoms with van der Waals surface area (Å²) < 4.78 is 41.5. The number of hydrogen-bond acceptors (Lipinski definition) is 8. The summed E-state index contributed by atoms with van der Waals surface area (Å²) in [4.78, 5) is 23.3. The van der Waals surface area contributed by atoms with Gasteiger partial charge in [-0.25, -0.2) is 17.8 Å². The van der Waals surface area contributed by atoms with Gasteiger partial charge in [-0.05, 0) is 90.1 Å². The Balaban J connectivity index is 1.46. The number of aromatic nitrogens is 2. The first kappa shape index (κ1) is 30.8. The molecule has 3 aromatic rings. The van der Waals surface area contributed by atoms with Gasteiger partial charge in [-0.3, -0.25) is 9.52 Å². The zero-order chi connectivity index (χ0) is 29.9. The summed E-state index contributed by atoms with van der Waals surface area (Å²) in [5.41, 5.74) is 0.926. The molecule has 1 aliphatic heterocycles. The maximum atomic E-state index is 14.9. The van der Waals surface area contributed by atoms with Crippen molar-refractivity contribution in [3.05, 3.63) is 64.0 Å². The van der Waals surface area contributed by atoms with Crippen LogP contribution in [-0.4, -0.2) is 60.1 Å². The van der Waals surface area contributed by atoms with E-state index in [0.29, 0.717) is 11.4 Å². The van der Waals surface area contributed by atoms with E-state index < -0.39 is 26.5 Å². The second kappa shape index (κ2) is 12.4. The van der Waals surface area contributed by atoms with Gasteiger partial charge in [0.15, 0.2) is 5.82 Å². The van der Waals surface area contributed by atoms with Gasteiger partial charge in [0.25, 0.3) is 5.91 Å². The fourth-order valence-corrected chi connectivity index (χ4v) is 5.08. The molecule has 1 fully saturated rings. The van der Waals surface area contributed by atoms with Crippen LogP contribution < -0.4 is 20.7 Å². The van der Waals surface area contributed by atoms with E-state index in [2.05, 4.69) is 35.5 Å². The van der Waals surface area contributed by atoms with Gasteiger partial charge in [0.2, 0.25) is 16.0 Å². The van der Waals surface area contributed by atoms with Crippen LogP contribution in [0, 0.1) is 5.82 Å². The number of rotatable bonds is 8. The van der Waals surface area contributed by atoms with Crippen molar-refractivity contribution in [3.63, 3.8) is 0 Å². The van der Waals surface area contributed by atoms with Crippen molar-refractivity contribution in [2.24, 2.45) is 0 Å². The average molecular weight is 625 g/mol. The Morgan fingerprint density at radius 2 is 1.68 bits per heavy atom. The third-order valence-electron chi connectivity index (χ3n) is 6.55. The minimum atomic E-state index is -3.72. The lowest BCUT2D eigenvalue weighted by atomic mass is 10.0. The Hall–Kier alpha value is -3.19. The van der Waals surface area contributed by atoms with Crippen molar-refractivity contribution in [1.82, 2.24) is 20.2 Å². The minimum absolute atomic E-state index is 0.0136. The summed E-state index contributed by atoms with van der Waals surface area (Å²) >= 11 is 12.5. The van der Waals surface area contributed by atoms with Gasteiger partial charge in [0, 0.05) is 17.4 Å². The van der Waals surface area contributed by atoms with E-state index in [1.54, 1.807) is 32.9 Å². The topological polar surface area (TPSA) is 128 Å². The van der Waals surface area contributed by atoms with E-state index in [9.17, 15) is 17.6 Å². The number of hydrogen-bond donors (Lipinski definition) is 4. The smallest absolute Gasteiger partial charge is 0.254 e. The van der Waals surface area contributed by atoms with Crippen LogP contribution in [0.15, 0.2) is 42.6 Å². The number of nitrogens with one attached hydrogen (secondary N) is 4. The molecular formula is C27H32Cl2FN7O3S. The number of piperidine rings is 1. The van der Waals surface area contributed by atoms with Gasteiger partial charge in [-0.1, -0.05) is 23.2 Å². The van der Waals surface area contributed by atoms with Crippen LogP contribution in [0.1, 0.15) is 44.0 Å². The van der Waals surface area contributed by atoms with Crippen molar-refractivity contribution in [3.8, 4) is 0 Å². The predicted molar refractivity (Wildman–Crippen MR) is 162 cm³/mol. The summed E-state index contributed by atoms with van der Waals surface area (Å²) in [7, 11) is -1.69. The Labute approximate surface area is 249 Å². The highest BCUT2D eigenvalue weighted by Crippen LogP contribution is 2.32. The van der Waals surface area contributed by atoms with Crippen molar-refractivity contribution >= 4 is 68.0 Å². The van der Waals surface area contributed by atoms with E-state index in [1.807, 2.05) is 7.05 Å². The number of carbonyl (C=O) groups is 1. The summed E-state index contributed by atoms with van der Waals surface area (Å²) in [5, 5.41) is 9.24. The van der Waals surface area contributed by atoms with Crippen LogP contribution in [0.25, 0.3) is 0 Å². The molecule has 41 heavy (non-hydrogen) atoms. The molecule has 220 valence electrons. The highest BCUT2D eigenvalue weighted by atomic mass is 35.5. The summed E-state index contributed by atoms with van der Waals surface area (Å²) in [6.07, 6.45) is 2.99. The van der Waals surface area contributed by atoms with Crippen LogP contribution in [0.2, 0.25) is 10.0 Å². The van der Waals surface area contributed by atoms with E-state index in [0.717, 1.165) is 25.9 Å². The van der Waals surface area contributed by atoms with E-state index in [4.69, 9.17) is 23.2 Å². The van der Waals surface area contributed by atoms with Crippen LogP contribution in [0.3, 0.4) is 0 Å². The molecular weight excluding hydrogens is 592 g/mol. The lowest BCUT2D eigenvalue weighted by Gasteiger charge is -2.29. The summed E-state index contributed by atoms with van der Waals surface area (Å²) in [6.45, 7) is 6.48. The third-order valence-corrected chi connectivity index (χ3v) is 9.25. The van der Waals surface area contributed by atoms with Gasteiger partial charge in [-0.2, -0.15) is 4.98 Å². The maximum absolute atomic E-state index is 14.9. The van der Waals surface area contributed by atoms with Crippen LogP contribution >= 0.6 is 23.2 Å². The molecule has 2 heterocycles. The summed E-state index contributed by atoms with van der Waals surface area (Å²) in [6, 6.07) is 8.86. The minimum Gasteiger partial charge on any atom is -0.349 e.